The minimum atomic E-state index is -0.0700. The standard InChI is InChI=1S/C21H30ClN3O/c1-2-12-23-21(26)24-19-4-3-5-20(19)25-13-10-17(11-14-25)15-16-6-8-18(22)9-7-16/h2,6-9,17,19-20H,1,3-5,10-15H2,(H2,23,24,26)/t19-,20-/m1/s1. The van der Waals surface area contributed by atoms with Crippen molar-refractivity contribution in [2.45, 2.75) is 50.6 Å². The fourth-order valence-electron chi connectivity index (χ4n) is 4.37. The Bertz CT molecular complexity index is 596. The molecule has 0 radical (unpaired) electrons. The minimum absolute atomic E-state index is 0.0700. The van der Waals surface area contributed by atoms with Crippen LogP contribution in [0.3, 0.4) is 0 Å². The Balaban J connectivity index is 1.46. The normalized spacial score (nSPS) is 24.3. The van der Waals surface area contributed by atoms with Crippen LogP contribution in [0.1, 0.15) is 37.7 Å². The Morgan fingerprint density at radius 2 is 1.92 bits per heavy atom. The van der Waals surface area contributed by atoms with E-state index in [9.17, 15) is 4.79 Å². The zero-order valence-corrected chi connectivity index (χ0v) is 16.2. The number of benzene rings is 1. The van der Waals surface area contributed by atoms with Crippen LogP contribution in [0.4, 0.5) is 4.79 Å². The number of nitrogens with zero attached hydrogens (tertiary/aromatic N) is 1. The van der Waals surface area contributed by atoms with Crippen molar-refractivity contribution in [2.75, 3.05) is 19.6 Å². The number of carbonyl (C=O) groups excluding carboxylic acids is 1. The number of hydrogen-bond donors (Lipinski definition) is 2. The molecule has 0 bridgehead atoms. The summed E-state index contributed by atoms with van der Waals surface area (Å²) in [5.41, 5.74) is 1.38. The first-order valence-electron chi connectivity index (χ1n) is 9.79. The van der Waals surface area contributed by atoms with Crippen LogP contribution >= 0.6 is 11.6 Å². The Labute approximate surface area is 162 Å². The summed E-state index contributed by atoms with van der Waals surface area (Å²) < 4.78 is 0. The highest BCUT2D eigenvalue weighted by Gasteiger charge is 2.34. The maximum atomic E-state index is 12.0. The van der Waals surface area contributed by atoms with Crippen LogP contribution < -0.4 is 10.6 Å². The number of hydrogen-bond acceptors (Lipinski definition) is 2. The van der Waals surface area contributed by atoms with Crippen LogP contribution in [-0.2, 0) is 6.42 Å². The lowest BCUT2D eigenvalue weighted by Gasteiger charge is -2.38. The second kappa shape index (κ2) is 9.43. The highest BCUT2D eigenvalue weighted by Crippen LogP contribution is 2.29. The van der Waals surface area contributed by atoms with E-state index in [0.717, 1.165) is 36.9 Å². The van der Waals surface area contributed by atoms with Crippen molar-refractivity contribution in [3.8, 4) is 0 Å². The molecule has 142 valence electrons. The van der Waals surface area contributed by atoms with Gasteiger partial charge >= 0.3 is 6.03 Å². The molecule has 2 N–H and O–H groups in total. The van der Waals surface area contributed by atoms with E-state index in [4.69, 9.17) is 11.6 Å². The van der Waals surface area contributed by atoms with Crippen LogP contribution in [0.5, 0.6) is 0 Å². The van der Waals surface area contributed by atoms with E-state index in [-0.39, 0.29) is 12.1 Å². The molecule has 5 heteroatoms. The van der Waals surface area contributed by atoms with Crippen molar-refractivity contribution in [2.24, 2.45) is 5.92 Å². The minimum Gasteiger partial charge on any atom is -0.335 e. The molecule has 1 saturated carbocycles. The molecule has 1 aromatic carbocycles. The van der Waals surface area contributed by atoms with Gasteiger partial charge in [-0.3, -0.25) is 4.90 Å². The highest BCUT2D eigenvalue weighted by atomic mass is 35.5. The van der Waals surface area contributed by atoms with E-state index in [2.05, 4.69) is 34.2 Å². The molecular formula is C21H30ClN3O. The van der Waals surface area contributed by atoms with Crippen LogP contribution in [0.2, 0.25) is 5.02 Å². The van der Waals surface area contributed by atoms with Gasteiger partial charge in [0.1, 0.15) is 0 Å². The number of piperidine rings is 1. The molecule has 0 unspecified atom stereocenters. The summed E-state index contributed by atoms with van der Waals surface area (Å²) in [5, 5.41) is 6.80. The molecule has 1 heterocycles. The Morgan fingerprint density at radius 1 is 1.19 bits per heavy atom. The van der Waals surface area contributed by atoms with E-state index in [1.54, 1.807) is 6.08 Å². The van der Waals surface area contributed by atoms with Gasteiger partial charge in [-0.15, -0.1) is 6.58 Å². The lowest BCUT2D eigenvalue weighted by molar-refractivity contribution is 0.119. The third kappa shape index (κ3) is 5.24. The van der Waals surface area contributed by atoms with Crippen molar-refractivity contribution in [3.63, 3.8) is 0 Å². The predicted molar refractivity (Wildman–Crippen MR) is 108 cm³/mol. The zero-order valence-electron chi connectivity index (χ0n) is 15.4. The number of halogens is 1. The van der Waals surface area contributed by atoms with Crippen LogP contribution in [0, 0.1) is 5.92 Å². The zero-order chi connectivity index (χ0) is 18.4. The lowest BCUT2D eigenvalue weighted by Crippen LogP contribution is -2.53. The number of likely N-dealkylation sites (tertiary alicyclic amines) is 1. The molecule has 1 aliphatic heterocycles. The molecule has 0 aromatic heterocycles. The van der Waals surface area contributed by atoms with E-state index < -0.39 is 0 Å². The first-order valence-corrected chi connectivity index (χ1v) is 10.2. The number of urea groups is 1. The van der Waals surface area contributed by atoms with Crippen LogP contribution in [0.15, 0.2) is 36.9 Å². The van der Waals surface area contributed by atoms with Gasteiger partial charge in [0.25, 0.3) is 0 Å². The van der Waals surface area contributed by atoms with Gasteiger partial charge in [0, 0.05) is 23.7 Å². The summed E-state index contributed by atoms with van der Waals surface area (Å²) in [6.45, 7) is 6.42. The Kier molecular flexibility index (Phi) is 6.98. The Hall–Kier alpha value is -1.52. The number of nitrogens with one attached hydrogen (secondary N) is 2. The number of rotatable bonds is 6. The average Bonchev–Trinajstić information content (AvgIpc) is 3.10. The topological polar surface area (TPSA) is 44.4 Å². The largest absolute Gasteiger partial charge is 0.335 e. The van der Waals surface area contributed by atoms with Gasteiger partial charge < -0.3 is 10.6 Å². The lowest BCUT2D eigenvalue weighted by atomic mass is 9.89. The second-order valence-electron chi connectivity index (χ2n) is 7.56. The molecule has 26 heavy (non-hydrogen) atoms. The molecule has 2 amide bonds. The molecular weight excluding hydrogens is 346 g/mol. The molecule has 1 aliphatic carbocycles. The summed E-state index contributed by atoms with van der Waals surface area (Å²) in [5.74, 6) is 0.746. The maximum Gasteiger partial charge on any atom is 0.315 e. The van der Waals surface area contributed by atoms with Gasteiger partial charge in [-0.1, -0.05) is 29.8 Å². The molecule has 1 saturated heterocycles. The third-order valence-electron chi connectivity index (χ3n) is 5.76. The van der Waals surface area contributed by atoms with Crippen molar-refractivity contribution in [1.82, 2.24) is 15.5 Å². The van der Waals surface area contributed by atoms with Crippen molar-refractivity contribution < 1.29 is 4.79 Å². The van der Waals surface area contributed by atoms with E-state index in [0.29, 0.717) is 12.6 Å². The van der Waals surface area contributed by atoms with Gasteiger partial charge in [0.15, 0.2) is 0 Å². The smallest absolute Gasteiger partial charge is 0.315 e. The van der Waals surface area contributed by atoms with Crippen LogP contribution in [0.25, 0.3) is 0 Å². The summed E-state index contributed by atoms with van der Waals surface area (Å²) in [7, 11) is 0. The first kappa shape index (κ1) is 19.2. The summed E-state index contributed by atoms with van der Waals surface area (Å²) in [6, 6.07) is 8.95. The average molecular weight is 376 g/mol. The molecule has 1 aromatic rings. The number of carbonyl (C=O) groups is 1. The monoisotopic (exact) mass is 375 g/mol. The molecule has 4 nitrogen and oxygen atoms in total. The molecule has 2 fully saturated rings. The van der Waals surface area contributed by atoms with Crippen molar-refractivity contribution >= 4 is 17.6 Å². The van der Waals surface area contributed by atoms with Crippen molar-refractivity contribution in [3.05, 3.63) is 47.5 Å². The first-order chi connectivity index (χ1) is 12.7. The van der Waals surface area contributed by atoms with Gasteiger partial charge in [-0.2, -0.15) is 0 Å². The fourth-order valence-corrected chi connectivity index (χ4v) is 4.50. The maximum absolute atomic E-state index is 12.0. The second-order valence-corrected chi connectivity index (χ2v) is 7.99. The van der Waals surface area contributed by atoms with E-state index in [1.165, 1.54) is 31.2 Å². The van der Waals surface area contributed by atoms with Gasteiger partial charge in [-0.05, 0) is 75.2 Å². The van der Waals surface area contributed by atoms with Gasteiger partial charge in [0.2, 0.25) is 0 Å². The summed E-state index contributed by atoms with van der Waals surface area (Å²) in [4.78, 5) is 14.6. The third-order valence-corrected chi connectivity index (χ3v) is 6.01. The van der Waals surface area contributed by atoms with Crippen molar-refractivity contribution in [1.29, 1.82) is 0 Å². The number of amides is 2. The van der Waals surface area contributed by atoms with Crippen LogP contribution in [-0.4, -0.2) is 42.6 Å². The van der Waals surface area contributed by atoms with Gasteiger partial charge in [-0.25, -0.2) is 4.79 Å². The quantitative estimate of drug-likeness (QED) is 0.738. The molecule has 0 spiro atoms. The predicted octanol–water partition coefficient (Wildman–Crippen LogP) is 4.00. The molecule has 2 aliphatic rings. The Morgan fingerprint density at radius 3 is 2.62 bits per heavy atom. The van der Waals surface area contributed by atoms with E-state index >= 15 is 0 Å². The summed E-state index contributed by atoms with van der Waals surface area (Å²) >= 11 is 5.98. The molecule has 2 atom stereocenters. The van der Waals surface area contributed by atoms with E-state index in [1.807, 2.05) is 12.1 Å². The SMILES string of the molecule is C=CCNC(=O)N[C@@H]1CCC[C@H]1N1CCC(Cc2ccc(Cl)cc2)CC1. The fraction of sp³-hybridized carbons (Fsp3) is 0.571. The summed E-state index contributed by atoms with van der Waals surface area (Å²) in [6.07, 6.45) is 8.77. The van der Waals surface area contributed by atoms with Gasteiger partial charge in [0.05, 0.1) is 0 Å². The molecule has 3 rings (SSSR count). The highest BCUT2D eigenvalue weighted by molar-refractivity contribution is 6.30.